The molecule has 3 heterocycles. The number of urea groups is 1. The predicted octanol–water partition coefficient (Wildman–Crippen LogP) is -0.809. The fraction of sp³-hybridized carbons (Fsp3) is 0.714. The van der Waals surface area contributed by atoms with Crippen LogP contribution in [0.2, 0.25) is 0 Å². The van der Waals surface area contributed by atoms with E-state index in [0.29, 0.717) is 50.8 Å². The summed E-state index contributed by atoms with van der Waals surface area (Å²) in [5.74, 6) is 1.43. The number of ether oxygens (including phenoxy) is 2. The summed E-state index contributed by atoms with van der Waals surface area (Å²) in [5.41, 5.74) is 5.27. The quantitative estimate of drug-likeness (QED) is 0.585. The highest BCUT2D eigenvalue weighted by atomic mass is 16.5. The van der Waals surface area contributed by atoms with Crippen molar-refractivity contribution in [1.82, 2.24) is 25.7 Å². The lowest BCUT2D eigenvalue weighted by atomic mass is 10.4. The molecular weight excluding hydrogens is 328 g/mol. The van der Waals surface area contributed by atoms with E-state index < -0.39 is 0 Å². The SMILES string of the molecule is CCNC(=O)NNc1nc(N2CCOCC2)nc(N2CCOCC2)n1. The highest BCUT2D eigenvalue weighted by molar-refractivity contribution is 5.74. The molecule has 2 aliphatic rings. The molecule has 0 radical (unpaired) electrons. The maximum atomic E-state index is 11.6. The van der Waals surface area contributed by atoms with Crippen LogP contribution in [0, 0.1) is 0 Å². The predicted molar refractivity (Wildman–Crippen MR) is 91.7 cm³/mol. The van der Waals surface area contributed by atoms with E-state index in [4.69, 9.17) is 9.47 Å². The third kappa shape index (κ3) is 4.79. The van der Waals surface area contributed by atoms with Gasteiger partial charge in [0, 0.05) is 32.7 Å². The molecule has 2 amide bonds. The van der Waals surface area contributed by atoms with Gasteiger partial charge in [0.15, 0.2) is 0 Å². The van der Waals surface area contributed by atoms with Crippen molar-refractivity contribution in [1.29, 1.82) is 0 Å². The van der Waals surface area contributed by atoms with Gasteiger partial charge in [0.25, 0.3) is 0 Å². The highest BCUT2D eigenvalue weighted by Crippen LogP contribution is 2.18. The van der Waals surface area contributed by atoms with Crippen molar-refractivity contribution in [3.8, 4) is 0 Å². The molecule has 0 aromatic carbocycles. The first-order valence-corrected chi connectivity index (χ1v) is 8.47. The first-order valence-electron chi connectivity index (χ1n) is 8.47. The van der Waals surface area contributed by atoms with Gasteiger partial charge in [-0.1, -0.05) is 0 Å². The highest BCUT2D eigenvalue weighted by Gasteiger charge is 2.20. The van der Waals surface area contributed by atoms with E-state index in [1.165, 1.54) is 0 Å². The zero-order valence-corrected chi connectivity index (χ0v) is 14.3. The molecule has 11 heteroatoms. The van der Waals surface area contributed by atoms with Crippen LogP contribution in [-0.4, -0.2) is 80.1 Å². The zero-order chi connectivity index (χ0) is 17.5. The van der Waals surface area contributed by atoms with E-state index >= 15 is 0 Å². The van der Waals surface area contributed by atoms with E-state index in [-0.39, 0.29) is 6.03 Å². The average molecular weight is 352 g/mol. The molecular formula is C14H24N8O3. The standard InChI is InChI=1S/C14H24N8O3/c1-2-15-14(23)20-19-11-16-12(21-3-7-24-8-4-21)18-13(17-11)22-5-9-25-10-6-22/h2-10H2,1H3,(H2,15,20,23)(H,16,17,18,19). The van der Waals surface area contributed by atoms with Gasteiger partial charge in [-0.15, -0.1) is 0 Å². The number of rotatable bonds is 5. The van der Waals surface area contributed by atoms with Crippen LogP contribution < -0.4 is 26.0 Å². The van der Waals surface area contributed by atoms with E-state index in [0.717, 1.165) is 26.2 Å². The number of amides is 2. The molecule has 3 N–H and O–H groups in total. The van der Waals surface area contributed by atoms with Gasteiger partial charge in [-0.2, -0.15) is 15.0 Å². The Morgan fingerprint density at radius 2 is 1.48 bits per heavy atom. The smallest absolute Gasteiger partial charge is 0.333 e. The largest absolute Gasteiger partial charge is 0.378 e. The molecule has 1 aromatic rings. The number of aromatic nitrogens is 3. The minimum absolute atomic E-state index is 0.296. The minimum Gasteiger partial charge on any atom is -0.378 e. The first-order chi connectivity index (χ1) is 12.3. The second-order valence-corrected chi connectivity index (χ2v) is 5.57. The number of carbonyl (C=O) groups is 1. The molecule has 0 bridgehead atoms. The summed E-state index contributed by atoms with van der Waals surface area (Å²) >= 11 is 0. The number of morpholine rings is 2. The van der Waals surface area contributed by atoms with Gasteiger partial charge in [0.1, 0.15) is 0 Å². The molecule has 0 saturated carbocycles. The summed E-state index contributed by atoms with van der Waals surface area (Å²) < 4.78 is 10.8. The van der Waals surface area contributed by atoms with Crippen molar-refractivity contribution in [2.45, 2.75) is 6.92 Å². The molecule has 0 unspecified atom stereocenters. The molecule has 2 aliphatic heterocycles. The van der Waals surface area contributed by atoms with Gasteiger partial charge >= 0.3 is 6.03 Å². The molecule has 2 saturated heterocycles. The van der Waals surface area contributed by atoms with Crippen LogP contribution >= 0.6 is 0 Å². The number of nitrogens with one attached hydrogen (secondary N) is 3. The summed E-state index contributed by atoms with van der Waals surface area (Å²) in [5, 5.41) is 2.63. The van der Waals surface area contributed by atoms with Gasteiger partial charge in [-0.25, -0.2) is 10.2 Å². The number of hydrazine groups is 1. The van der Waals surface area contributed by atoms with Gasteiger partial charge in [-0.3, -0.25) is 5.43 Å². The van der Waals surface area contributed by atoms with E-state index in [1.54, 1.807) is 0 Å². The maximum absolute atomic E-state index is 11.6. The zero-order valence-electron chi connectivity index (χ0n) is 14.3. The Kier molecular flexibility index (Phi) is 6.01. The van der Waals surface area contributed by atoms with Crippen molar-refractivity contribution in [2.75, 3.05) is 74.4 Å². The summed E-state index contributed by atoms with van der Waals surface area (Å²) in [7, 11) is 0. The summed E-state index contributed by atoms with van der Waals surface area (Å²) in [4.78, 5) is 29.1. The fourth-order valence-electron chi connectivity index (χ4n) is 2.54. The fourth-order valence-corrected chi connectivity index (χ4v) is 2.54. The molecule has 2 fully saturated rings. The third-order valence-electron chi connectivity index (χ3n) is 3.82. The molecule has 0 aliphatic carbocycles. The molecule has 3 rings (SSSR count). The Morgan fingerprint density at radius 1 is 0.960 bits per heavy atom. The van der Waals surface area contributed by atoms with Gasteiger partial charge < -0.3 is 24.6 Å². The maximum Gasteiger partial charge on any atom is 0.333 e. The molecule has 11 nitrogen and oxygen atoms in total. The van der Waals surface area contributed by atoms with Crippen molar-refractivity contribution >= 4 is 23.9 Å². The van der Waals surface area contributed by atoms with Gasteiger partial charge in [-0.05, 0) is 6.92 Å². The van der Waals surface area contributed by atoms with Gasteiger partial charge in [0.2, 0.25) is 17.8 Å². The Morgan fingerprint density at radius 3 is 1.96 bits per heavy atom. The van der Waals surface area contributed by atoms with Crippen LogP contribution in [0.3, 0.4) is 0 Å². The van der Waals surface area contributed by atoms with Crippen LogP contribution in [0.25, 0.3) is 0 Å². The number of anilines is 3. The molecule has 138 valence electrons. The second kappa shape index (κ2) is 8.62. The Bertz CT molecular complexity index is 539. The first kappa shape index (κ1) is 17.4. The van der Waals surface area contributed by atoms with Gasteiger partial charge in [0.05, 0.1) is 26.4 Å². The molecule has 25 heavy (non-hydrogen) atoms. The van der Waals surface area contributed by atoms with Crippen LogP contribution in [0.15, 0.2) is 0 Å². The van der Waals surface area contributed by atoms with E-state index in [1.807, 2.05) is 16.7 Å². The third-order valence-corrected chi connectivity index (χ3v) is 3.82. The minimum atomic E-state index is -0.344. The number of carbonyl (C=O) groups excluding carboxylic acids is 1. The normalized spacial score (nSPS) is 18.0. The lowest BCUT2D eigenvalue weighted by Gasteiger charge is -2.30. The summed E-state index contributed by atoms with van der Waals surface area (Å²) in [6.07, 6.45) is 0. The number of hydrogen-bond donors (Lipinski definition) is 3. The van der Waals surface area contributed by atoms with E-state index in [2.05, 4.69) is 31.1 Å². The van der Waals surface area contributed by atoms with Crippen molar-refractivity contribution in [3.63, 3.8) is 0 Å². The lowest BCUT2D eigenvalue weighted by molar-refractivity contribution is 0.121. The summed E-state index contributed by atoms with van der Waals surface area (Å²) in [6.45, 7) is 7.79. The Labute approximate surface area is 146 Å². The summed E-state index contributed by atoms with van der Waals surface area (Å²) in [6, 6.07) is -0.344. The van der Waals surface area contributed by atoms with Crippen LogP contribution in [-0.2, 0) is 9.47 Å². The van der Waals surface area contributed by atoms with Crippen molar-refractivity contribution < 1.29 is 14.3 Å². The Balaban J connectivity index is 1.78. The Hall–Kier alpha value is -2.40. The lowest BCUT2D eigenvalue weighted by Crippen LogP contribution is -2.41. The molecule has 1 aromatic heterocycles. The topological polar surface area (TPSA) is 117 Å². The monoisotopic (exact) mass is 352 g/mol. The van der Waals surface area contributed by atoms with E-state index in [9.17, 15) is 4.79 Å². The number of nitrogens with zero attached hydrogens (tertiary/aromatic N) is 5. The van der Waals surface area contributed by atoms with Crippen LogP contribution in [0.1, 0.15) is 6.92 Å². The number of hydrogen-bond acceptors (Lipinski definition) is 9. The second-order valence-electron chi connectivity index (χ2n) is 5.57. The average Bonchev–Trinajstić information content (AvgIpc) is 2.68. The van der Waals surface area contributed by atoms with Crippen LogP contribution in [0.4, 0.5) is 22.6 Å². The van der Waals surface area contributed by atoms with Crippen molar-refractivity contribution in [3.05, 3.63) is 0 Å². The molecule has 0 atom stereocenters. The van der Waals surface area contributed by atoms with Crippen molar-refractivity contribution in [2.24, 2.45) is 0 Å². The van der Waals surface area contributed by atoms with Crippen LogP contribution in [0.5, 0.6) is 0 Å². The molecule has 0 spiro atoms.